The molecular formula is C13H25F3N2. The van der Waals surface area contributed by atoms with Gasteiger partial charge in [-0.25, -0.2) is 0 Å². The maximum atomic E-state index is 12.2. The van der Waals surface area contributed by atoms with Crippen LogP contribution in [0, 0.1) is 11.8 Å². The summed E-state index contributed by atoms with van der Waals surface area (Å²) in [5, 5.41) is 3.40. The van der Waals surface area contributed by atoms with Gasteiger partial charge in [0.15, 0.2) is 0 Å². The first-order valence-electron chi connectivity index (χ1n) is 6.86. The molecule has 108 valence electrons. The van der Waals surface area contributed by atoms with Gasteiger partial charge in [-0.3, -0.25) is 0 Å². The predicted octanol–water partition coefficient (Wildman–Crippen LogP) is 2.90. The van der Waals surface area contributed by atoms with E-state index in [2.05, 4.69) is 19.2 Å². The monoisotopic (exact) mass is 266 g/mol. The molecule has 0 spiro atoms. The summed E-state index contributed by atoms with van der Waals surface area (Å²) in [6.45, 7) is 8.01. The molecule has 0 aromatic carbocycles. The van der Waals surface area contributed by atoms with E-state index in [1.54, 1.807) is 0 Å². The van der Waals surface area contributed by atoms with Crippen LogP contribution >= 0.6 is 0 Å². The molecule has 1 saturated heterocycles. The summed E-state index contributed by atoms with van der Waals surface area (Å²) < 4.78 is 36.5. The van der Waals surface area contributed by atoms with E-state index in [1.165, 1.54) is 0 Å². The molecule has 0 aromatic heterocycles. The molecule has 1 N–H and O–H groups in total. The first kappa shape index (κ1) is 15.8. The Balaban J connectivity index is 2.19. The topological polar surface area (TPSA) is 15.3 Å². The van der Waals surface area contributed by atoms with Gasteiger partial charge in [-0.2, -0.15) is 13.2 Å². The lowest BCUT2D eigenvalue weighted by Crippen LogP contribution is -2.41. The Hall–Kier alpha value is -0.290. The van der Waals surface area contributed by atoms with Gasteiger partial charge in [0.05, 0.1) is 6.42 Å². The molecule has 1 heterocycles. The average molecular weight is 266 g/mol. The van der Waals surface area contributed by atoms with Crippen LogP contribution in [0.3, 0.4) is 0 Å². The van der Waals surface area contributed by atoms with Crippen LogP contribution in [0.25, 0.3) is 0 Å². The summed E-state index contributed by atoms with van der Waals surface area (Å²) in [6.07, 6.45) is -2.55. The molecule has 0 radical (unpaired) electrons. The Kier molecular flexibility index (Phi) is 6.43. The second-order valence-corrected chi connectivity index (χ2v) is 5.73. The quantitative estimate of drug-likeness (QED) is 0.795. The fraction of sp³-hybridized carbons (Fsp3) is 1.00. The first-order chi connectivity index (χ1) is 8.37. The van der Waals surface area contributed by atoms with Gasteiger partial charge < -0.3 is 10.2 Å². The van der Waals surface area contributed by atoms with E-state index in [9.17, 15) is 13.2 Å². The lowest BCUT2D eigenvalue weighted by molar-refractivity contribution is -0.138. The molecule has 18 heavy (non-hydrogen) atoms. The minimum absolute atomic E-state index is 0.157. The van der Waals surface area contributed by atoms with Crippen molar-refractivity contribution < 1.29 is 13.2 Å². The summed E-state index contributed by atoms with van der Waals surface area (Å²) in [5.74, 6) is 1.13. The number of likely N-dealkylation sites (tertiary alicyclic amines) is 1. The molecule has 1 atom stereocenters. The maximum absolute atomic E-state index is 12.2. The standard InChI is InChI=1S/C13H25F3N2/c1-11(2)8-17-9-12-4-3-6-18(10-12)7-5-13(14,15)16/h11-12,17H,3-10H2,1-2H3. The minimum atomic E-state index is -4.02. The van der Waals surface area contributed by atoms with Crippen LogP contribution in [0.1, 0.15) is 33.1 Å². The minimum Gasteiger partial charge on any atom is -0.316 e. The lowest BCUT2D eigenvalue weighted by Gasteiger charge is -2.33. The number of nitrogens with one attached hydrogen (secondary N) is 1. The van der Waals surface area contributed by atoms with Crippen molar-refractivity contribution in [2.24, 2.45) is 11.8 Å². The normalized spacial score (nSPS) is 22.7. The Morgan fingerprint density at radius 1 is 1.33 bits per heavy atom. The van der Waals surface area contributed by atoms with Crippen molar-refractivity contribution in [2.45, 2.75) is 39.3 Å². The zero-order chi connectivity index (χ0) is 13.6. The molecule has 1 unspecified atom stereocenters. The van der Waals surface area contributed by atoms with Crippen LogP contribution in [-0.4, -0.2) is 43.8 Å². The van der Waals surface area contributed by atoms with Crippen molar-refractivity contribution >= 4 is 0 Å². The lowest BCUT2D eigenvalue weighted by atomic mass is 9.97. The molecule has 0 amide bonds. The van der Waals surface area contributed by atoms with Gasteiger partial charge in [0.25, 0.3) is 0 Å². The van der Waals surface area contributed by atoms with E-state index in [1.807, 2.05) is 4.90 Å². The van der Waals surface area contributed by atoms with Crippen molar-refractivity contribution in [1.82, 2.24) is 10.2 Å². The Morgan fingerprint density at radius 2 is 2.06 bits per heavy atom. The molecule has 5 heteroatoms. The number of rotatable bonds is 6. The summed E-state index contributed by atoms with van der Waals surface area (Å²) in [7, 11) is 0. The van der Waals surface area contributed by atoms with Crippen molar-refractivity contribution in [3.8, 4) is 0 Å². The largest absolute Gasteiger partial charge is 0.390 e. The molecule has 1 rings (SSSR count). The molecule has 0 aromatic rings. The Morgan fingerprint density at radius 3 is 2.67 bits per heavy atom. The van der Waals surface area contributed by atoms with Gasteiger partial charge in [-0.05, 0) is 44.3 Å². The molecular weight excluding hydrogens is 241 g/mol. The highest BCUT2D eigenvalue weighted by molar-refractivity contribution is 4.75. The predicted molar refractivity (Wildman–Crippen MR) is 67.5 cm³/mol. The Labute approximate surface area is 108 Å². The SMILES string of the molecule is CC(C)CNCC1CCCN(CCC(F)(F)F)C1. The maximum Gasteiger partial charge on any atom is 0.390 e. The number of piperidine rings is 1. The number of alkyl halides is 3. The van der Waals surface area contributed by atoms with Crippen molar-refractivity contribution in [1.29, 1.82) is 0 Å². The van der Waals surface area contributed by atoms with E-state index in [0.717, 1.165) is 39.0 Å². The number of hydrogen-bond donors (Lipinski definition) is 1. The van der Waals surface area contributed by atoms with Crippen molar-refractivity contribution in [2.75, 3.05) is 32.7 Å². The summed E-state index contributed by atoms with van der Waals surface area (Å²) in [6, 6.07) is 0. The van der Waals surface area contributed by atoms with Crippen LogP contribution in [-0.2, 0) is 0 Å². The molecule has 2 nitrogen and oxygen atoms in total. The van der Waals surface area contributed by atoms with Crippen LogP contribution in [0.4, 0.5) is 13.2 Å². The third-order valence-corrected chi connectivity index (χ3v) is 3.30. The van der Waals surface area contributed by atoms with E-state index >= 15 is 0 Å². The third kappa shape index (κ3) is 7.21. The molecule has 1 aliphatic heterocycles. The summed E-state index contributed by atoms with van der Waals surface area (Å²) >= 11 is 0. The van der Waals surface area contributed by atoms with Gasteiger partial charge in [0.2, 0.25) is 0 Å². The van der Waals surface area contributed by atoms with Crippen LogP contribution in [0.15, 0.2) is 0 Å². The highest BCUT2D eigenvalue weighted by Crippen LogP contribution is 2.22. The second-order valence-electron chi connectivity index (χ2n) is 5.73. The van der Waals surface area contributed by atoms with Gasteiger partial charge in [-0.1, -0.05) is 13.8 Å². The number of nitrogens with zero attached hydrogens (tertiary/aromatic N) is 1. The van der Waals surface area contributed by atoms with Gasteiger partial charge in [-0.15, -0.1) is 0 Å². The van der Waals surface area contributed by atoms with Crippen LogP contribution in [0.5, 0.6) is 0 Å². The first-order valence-corrected chi connectivity index (χ1v) is 6.86. The van der Waals surface area contributed by atoms with E-state index in [-0.39, 0.29) is 6.54 Å². The van der Waals surface area contributed by atoms with Crippen LogP contribution in [0.2, 0.25) is 0 Å². The molecule has 0 aliphatic carbocycles. The smallest absolute Gasteiger partial charge is 0.316 e. The molecule has 1 fully saturated rings. The van der Waals surface area contributed by atoms with E-state index in [0.29, 0.717) is 11.8 Å². The Bertz CT molecular complexity index is 229. The third-order valence-electron chi connectivity index (χ3n) is 3.30. The summed E-state index contributed by atoms with van der Waals surface area (Å²) in [4.78, 5) is 1.96. The fourth-order valence-electron chi connectivity index (χ4n) is 2.38. The second kappa shape index (κ2) is 7.34. The highest BCUT2D eigenvalue weighted by atomic mass is 19.4. The fourth-order valence-corrected chi connectivity index (χ4v) is 2.38. The van der Waals surface area contributed by atoms with Crippen molar-refractivity contribution in [3.05, 3.63) is 0 Å². The van der Waals surface area contributed by atoms with Gasteiger partial charge in [0, 0.05) is 13.1 Å². The van der Waals surface area contributed by atoms with Gasteiger partial charge in [0.1, 0.15) is 0 Å². The highest BCUT2D eigenvalue weighted by Gasteiger charge is 2.29. The molecule has 0 saturated carbocycles. The average Bonchev–Trinajstić information content (AvgIpc) is 2.26. The zero-order valence-electron chi connectivity index (χ0n) is 11.4. The molecule has 1 aliphatic rings. The number of halogens is 3. The van der Waals surface area contributed by atoms with E-state index < -0.39 is 12.6 Å². The summed E-state index contributed by atoms with van der Waals surface area (Å²) in [5.41, 5.74) is 0. The van der Waals surface area contributed by atoms with Gasteiger partial charge >= 0.3 is 6.18 Å². The van der Waals surface area contributed by atoms with E-state index in [4.69, 9.17) is 0 Å². The zero-order valence-corrected chi connectivity index (χ0v) is 11.4. The van der Waals surface area contributed by atoms with Crippen molar-refractivity contribution in [3.63, 3.8) is 0 Å². The number of hydrogen-bond acceptors (Lipinski definition) is 2. The molecule has 0 bridgehead atoms. The van der Waals surface area contributed by atoms with Crippen LogP contribution < -0.4 is 5.32 Å².